The lowest BCUT2D eigenvalue weighted by Crippen LogP contribution is -2.41. The SMILES string of the molecule is COc1cccc(CNC(=O)[C@@H]2C[C@]3(CCN(C(=O)C(C)C)C3)C(=O)N2)c1. The molecule has 0 bridgehead atoms. The summed E-state index contributed by atoms with van der Waals surface area (Å²) in [6.07, 6.45) is 1.04. The van der Waals surface area contributed by atoms with Crippen molar-refractivity contribution in [3.8, 4) is 5.75 Å². The van der Waals surface area contributed by atoms with Crippen molar-refractivity contribution in [2.45, 2.75) is 39.3 Å². The van der Waals surface area contributed by atoms with Crippen molar-refractivity contribution in [2.75, 3.05) is 20.2 Å². The van der Waals surface area contributed by atoms with Crippen LogP contribution < -0.4 is 15.4 Å². The van der Waals surface area contributed by atoms with Crippen LogP contribution >= 0.6 is 0 Å². The Morgan fingerprint density at radius 2 is 2.19 bits per heavy atom. The molecule has 27 heavy (non-hydrogen) atoms. The van der Waals surface area contributed by atoms with Crippen molar-refractivity contribution < 1.29 is 19.1 Å². The molecule has 3 rings (SSSR count). The number of hydrogen-bond donors (Lipinski definition) is 2. The monoisotopic (exact) mass is 373 g/mol. The van der Waals surface area contributed by atoms with Gasteiger partial charge in [-0.15, -0.1) is 0 Å². The van der Waals surface area contributed by atoms with Gasteiger partial charge in [0, 0.05) is 25.6 Å². The molecule has 2 fully saturated rings. The number of carbonyl (C=O) groups excluding carboxylic acids is 3. The minimum absolute atomic E-state index is 0.0607. The van der Waals surface area contributed by atoms with Crippen LogP contribution in [0.4, 0.5) is 0 Å². The maximum absolute atomic E-state index is 12.6. The third kappa shape index (κ3) is 3.91. The summed E-state index contributed by atoms with van der Waals surface area (Å²) in [5.41, 5.74) is 0.291. The Labute approximate surface area is 159 Å². The highest BCUT2D eigenvalue weighted by molar-refractivity contribution is 5.95. The van der Waals surface area contributed by atoms with Crippen molar-refractivity contribution in [1.29, 1.82) is 0 Å². The number of ether oxygens (including phenoxy) is 1. The third-order valence-electron chi connectivity index (χ3n) is 5.46. The number of carbonyl (C=O) groups is 3. The molecular formula is C20H27N3O4. The number of nitrogens with zero attached hydrogens (tertiary/aromatic N) is 1. The number of rotatable bonds is 5. The summed E-state index contributed by atoms with van der Waals surface area (Å²) in [4.78, 5) is 39.1. The van der Waals surface area contributed by atoms with E-state index < -0.39 is 11.5 Å². The predicted molar refractivity (Wildman–Crippen MR) is 99.9 cm³/mol. The molecule has 0 unspecified atom stereocenters. The quantitative estimate of drug-likeness (QED) is 0.808. The zero-order valence-corrected chi connectivity index (χ0v) is 16.1. The van der Waals surface area contributed by atoms with E-state index in [-0.39, 0.29) is 23.6 Å². The fourth-order valence-corrected chi connectivity index (χ4v) is 3.88. The Kier molecular flexibility index (Phi) is 5.39. The van der Waals surface area contributed by atoms with Crippen molar-refractivity contribution in [3.63, 3.8) is 0 Å². The van der Waals surface area contributed by atoms with E-state index in [4.69, 9.17) is 4.74 Å². The van der Waals surface area contributed by atoms with Crippen molar-refractivity contribution in [2.24, 2.45) is 11.3 Å². The Morgan fingerprint density at radius 3 is 2.89 bits per heavy atom. The summed E-state index contributed by atoms with van der Waals surface area (Å²) in [6.45, 7) is 5.05. The molecule has 0 radical (unpaired) electrons. The van der Waals surface area contributed by atoms with Crippen LogP contribution in [0.2, 0.25) is 0 Å². The van der Waals surface area contributed by atoms with Crippen LogP contribution in [0.1, 0.15) is 32.3 Å². The molecule has 0 aliphatic carbocycles. The molecule has 1 aromatic rings. The lowest BCUT2D eigenvalue weighted by Gasteiger charge is -2.22. The highest BCUT2D eigenvalue weighted by Crippen LogP contribution is 2.40. The second kappa shape index (κ2) is 7.58. The van der Waals surface area contributed by atoms with Gasteiger partial charge in [0.2, 0.25) is 17.7 Å². The molecule has 2 heterocycles. The van der Waals surface area contributed by atoms with Crippen LogP contribution in [0, 0.1) is 11.3 Å². The van der Waals surface area contributed by atoms with Crippen LogP contribution in [0.5, 0.6) is 5.75 Å². The zero-order valence-electron chi connectivity index (χ0n) is 16.1. The van der Waals surface area contributed by atoms with Crippen LogP contribution in [0.25, 0.3) is 0 Å². The molecular weight excluding hydrogens is 346 g/mol. The van der Waals surface area contributed by atoms with Gasteiger partial charge in [0.25, 0.3) is 0 Å². The van der Waals surface area contributed by atoms with Crippen LogP contribution in [0.15, 0.2) is 24.3 Å². The molecule has 2 saturated heterocycles. The van der Waals surface area contributed by atoms with Gasteiger partial charge < -0.3 is 20.3 Å². The maximum Gasteiger partial charge on any atom is 0.242 e. The van der Waals surface area contributed by atoms with Crippen LogP contribution in [-0.4, -0.2) is 48.9 Å². The normalized spacial score (nSPS) is 24.4. The van der Waals surface area contributed by atoms with Gasteiger partial charge in [-0.1, -0.05) is 26.0 Å². The summed E-state index contributed by atoms with van der Waals surface area (Å²) in [5, 5.41) is 5.70. The molecule has 1 aromatic carbocycles. The summed E-state index contributed by atoms with van der Waals surface area (Å²) in [6, 6.07) is 6.92. The maximum atomic E-state index is 12.6. The van der Waals surface area contributed by atoms with E-state index in [0.29, 0.717) is 32.5 Å². The number of hydrogen-bond acceptors (Lipinski definition) is 4. The van der Waals surface area contributed by atoms with Crippen LogP contribution in [-0.2, 0) is 20.9 Å². The van der Waals surface area contributed by atoms with E-state index in [2.05, 4.69) is 10.6 Å². The molecule has 7 nitrogen and oxygen atoms in total. The number of benzene rings is 1. The van der Waals surface area contributed by atoms with Crippen molar-refractivity contribution in [1.82, 2.24) is 15.5 Å². The van der Waals surface area contributed by atoms with E-state index in [0.717, 1.165) is 11.3 Å². The van der Waals surface area contributed by atoms with E-state index >= 15 is 0 Å². The largest absolute Gasteiger partial charge is 0.497 e. The number of likely N-dealkylation sites (tertiary alicyclic amines) is 1. The lowest BCUT2D eigenvalue weighted by atomic mass is 9.84. The first kappa shape index (κ1) is 19.2. The molecule has 0 aromatic heterocycles. The Bertz CT molecular complexity index is 748. The molecule has 2 aliphatic heterocycles. The molecule has 7 heteroatoms. The Hall–Kier alpha value is -2.57. The predicted octanol–water partition coefficient (Wildman–Crippen LogP) is 1.07. The highest BCUT2D eigenvalue weighted by Gasteiger charge is 2.53. The molecule has 2 N–H and O–H groups in total. The van der Waals surface area contributed by atoms with Gasteiger partial charge in [0.1, 0.15) is 11.8 Å². The average molecular weight is 373 g/mol. The van der Waals surface area contributed by atoms with Gasteiger partial charge >= 0.3 is 0 Å². The van der Waals surface area contributed by atoms with E-state index in [1.165, 1.54) is 0 Å². The zero-order chi connectivity index (χ0) is 19.6. The van der Waals surface area contributed by atoms with Crippen molar-refractivity contribution >= 4 is 17.7 Å². The average Bonchev–Trinajstić information content (AvgIpc) is 3.23. The first-order valence-electron chi connectivity index (χ1n) is 9.35. The molecule has 2 atom stereocenters. The summed E-state index contributed by atoms with van der Waals surface area (Å²) < 4.78 is 5.18. The minimum atomic E-state index is -0.636. The van der Waals surface area contributed by atoms with E-state index in [1.54, 1.807) is 12.0 Å². The fourth-order valence-electron chi connectivity index (χ4n) is 3.88. The smallest absolute Gasteiger partial charge is 0.242 e. The third-order valence-corrected chi connectivity index (χ3v) is 5.46. The van der Waals surface area contributed by atoms with Gasteiger partial charge in [-0.2, -0.15) is 0 Å². The topological polar surface area (TPSA) is 87.7 Å². The van der Waals surface area contributed by atoms with Gasteiger partial charge in [-0.05, 0) is 30.5 Å². The fraction of sp³-hybridized carbons (Fsp3) is 0.550. The molecule has 146 valence electrons. The van der Waals surface area contributed by atoms with E-state index in [9.17, 15) is 14.4 Å². The van der Waals surface area contributed by atoms with Crippen molar-refractivity contribution in [3.05, 3.63) is 29.8 Å². The van der Waals surface area contributed by atoms with Crippen LogP contribution in [0.3, 0.4) is 0 Å². The first-order valence-corrected chi connectivity index (χ1v) is 9.35. The summed E-state index contributed by atoms with van der Waals surface area (Å²) in [7, 11) is 1.60. The van der Waals surface area contributed by atoms with Gasteiger partial charge in [-0.25, -0.2) is 0 Å². The highest BCUT2D eigenvalue weighted by atomic mass is 16.5. The molecule has 1 spiro atoms. The van der Waals surface area contributed by atoms with Gasteiger partial charge in [0.15, 0.2) is 0 Å². The minimum Gasteiger partial charge on any atom is -0.497 e. The van der Waals surface area contributed by atoms with Gasteiger partial charge in [0.05, 0.1) is 12.5 Å². The second-order valence-electron chi connectivity index (χ2n) is 7.74. The molecule has 3 amide bonds. The first-order chi connectivity index (χ1) is 12.8. The van der Waals surface area contributed by atoms with E-state index in [1.807, 2.05) is 38.1 Å². The Morgan fingerprint density at radius 1 is 1.41 bits per heavy atom. The number of nitrogens with one attached hydrogen (secondary N) is 2. The number of amides is 3. The molecule has 0 saturated carbocycles. The Balaban J connectivity index is 1.58. The number of methoxy groups -OCH3 is 1. The van der Waals surface area contributed by atoms with Gasteiger partial charge in [-0.3, -0.25) is 14.4 Å². The molecule has 2 aliphatic rings. The summed E-state index contributed by atoms with van der Waals surface area (Å²) >= 11 is 0. The second-order valence-corrected chi connectivity index (χ2v) is 7.74. The standard InChI is InChI=1S/C20H27N3O4/c1-13(2)18(25)23-8-7-20(12-23)10-16(22-19(20)26)17(24)21-11-14-5-4-6-15(9-14)27-3/h4-6,9,13,16H,7-8,10-12H2,1-3H3,(H,21,24)(H,22,26)/t16-,20-/m0/s1. The lowest BCUT2D eigenvalue weighted by molar-refractivity contribution is -0.134. The summed E-state index contributed by atoms with van der Waals surface area (Å²) in [5.74, 6) is 0.382.